The molecule has 0 spiro atoms. The molecule has 4 rings (SSSR count). The molecule has 0 aliphatic carbocycles. The molecule has 1 saturated heterocycles. The first-order valence-corrected chi connectivity index (χ1v) is 11.0. The fourth-order valence-electron chi connectivity index (χ4n) is 3.48. The van der Waals surface area contributed by atoms with E-state index < -0.39 is 27.5 Å². The van der Waals surface area contributed by atoms with E-state index in [4.69, 9.17) is 5.11 Å². The molecule has 4 heterocycles. The second-order valence-electron chi connectivity index (χ2n) is 7.20. The van der Waals surface area contributed by atoms with Crippen LogP contribution in [-0.4, -0.2) is 70.8 Å². The highest BCUT2D eigenvalue weighted by Crippen LogP contribution is 2.33. The fraction of sp³-hybridized carbons (Fsp3) is 0.263. The molecule has 15 heteroatoms. The minimum Gasteiger partial charge on any atom is -0.465 e. The van der Waals surface area contributed by atoms with Gasteiger partial charge in [0.2, 0.25) is 0 Å². The molecule has 0 unspecified atom stereocenters. The Morgan fingerprint density at radius 2 is 1.88 bits per heavy atom. The fourth-order valence-corrected chi connectivity index (χ4v) is 3.92. The number of rotatable bonds is 4. The predicted molar refractivity (Wildman–Crippen MR) is 111 cm³/mol. The lowest BCUT2D eigenvalue weighted by atomic mass is 10.1. The molecule has 1 fully saturated rings. The summed E-state index contributed by atoms with van der Waals surface area (Å²) in [7, 11) is -5.92. The van der Waals surface area contributed by atoms with Gasteiger partial charge in [-0.15, -0.1) is 0 Å². The van der Waals surface area contributed by atoms with Crippen molar-refractivity contribution in [3.8, 4) is 22.9 Å². The molecule has 0 saturated carbocycles. The molecule has 1 amide bonds. The molecule has 3 aromatic rings. The van der Waals surface area contributed by atoms with E-state index in [-0.39, 0.29) is 16.6 Å². The Bertz CT molecular complexity index is 1390. The number of halogens is 3. The number of nitrogens with zero attached hydrogens (tertiary/aromatic N) is 6. The number of aromatic nitrogens is 3. The van der Waals surface area contributed by atoms with Gasteiger partial charge in [0.25, 0.3) is 0 Å². The van der Waals surface area contributed by atoms with E-state index in [9.17, 15) is 31.6 Å². The standard InChI is InChI=1S/C19H15F3N6O5S/c20-19(21,22)34(31,32)33-14-7-15(17-13(8-23)10-25-28(17)11-14)12-1-2-16(24-9-12)26-3-5-27(6-4-26)18(29)30/h1-2,7,9-11H,3-6H2,(H,29,30). The Hall–Kier alpha value is -4.06. The van der Waals surface area contributed by atoms with Crippen LogP contribution in [0.25, 0.3) is 16.6 Å². The van der Waals surface area contributed by atoms with Crippen LogP contribution in [0.2, 0.25) is 0 Å². The van der Waals surface area contributed by atoms with E-state index >= 15 is 0 Å². The highest BCUT2D eigenvalue weighted by atomic mass is 32.2. The summed E-state index contributed by atoms with van der Waals surface area (Å²) in [4.78, 5) is 18.6. The van der Waals surface area contributed by atoms with Crippen molar-refractivity contribution in [3.63, 3.8) is 0 Å². The largest absolute Gasteiger partial charge is 0.534 e. The Morgan fingerprint density at radius 3 is 2.44 bits per heavy atom. The number of pyridine rings is 2. The van der Waals surface area contributed by atoms with Gasteiger partial charge in [-0.05, 0) is 18.2 Å². The van der Waals surface area contributed by atoms with Gasteiger partial charge >= 0.3 is 21.7 Å². The zero-order chi connectivity index (χ0) is 24.7. The van der Waals surface area contributed by atoms with Crippen molar-refractivity contribution in [2.24, 2.45) is 0 Å². The zero-order valence-electron chi connectivity index (χ0n) is 17.1. The number of piperazine rings is 1. The number of carbonyl (C=O) groups is 1. The van der Waals surface area contributed by atoms with Crippen LogP contribution in [0.3, 0.4) is 0 Å². The van der Waals surface area contributed by atoms with Crippen LogP contribution in [0.4, 0.5) is 23.8 Å². The third-order valence-corrected chi connectivity index (χ3v) is 6.11. The molecule has 11 nitrogen and oxygen atoms in total. The SMILES string of the molecule is N#Cc1cnn2cc(OS(=O)(=O)C(F)(F)F)cc(-c3ccc(N4CCN(C(=O)O)CC4)nc3)c12. The minimum absolute atomic E-state index is 0.106. The van der Waals surface area contributed by atoms with Crippen LogP contribution in [0, 0.1) is 11.3 Å². The van der Waals surface area contributed by atoms with Crippen LogP contribution in [0.1, 0.15) is 5.56 Å². The number of carboxylic acid groups (broad SMARTS) is 1. The van der Waals surface area contributed by atoms with Gasteiger partial charge < -0.3 is 19.1 Å². The molecule has 0 aromatic carbocycles. The molecule has 3 aromatic heterocycles. The maximum absolute atomic E-state index is 12.8. The summed E-state index contributed by atoms with van der Waals surface area (Å²) in [6.45, 7) is 1.44. The highest BCUT2D eigenvalue weighted by Gasteiger charge is 2.48. The maximum atomic E-state index is 12.8. The van der Waals surface area contributed by atoms with Gasteiger partial charge in [-0.25, -0.2) is 14.3 Å². The van der Waals surface area contributed by atoms with E-state index in [1.165, 1.54) is 17.3 Å². The van der Waals surface area contributed by atoms with Crippen molar-refractivity contribution in [2.75, 3.05) is 31.1 Å². The van der Waals surface area contributed by atoms with E-state index in [2.05, 4.69) is 14.3 Å². The highest BCUT2D eigenvalue weighted by molar-refractivity contribution is 7.88. The number of alkyl halides is 3. The average molecular weight is 496 g/mol. The third kappa shape index (κ3) is 4.27. The van der Waals surface area contributed by atoms with Crippen molar-refractivity contribution in [2.45, 2.75) is 5.51 Å². The summed E-state index contributed by atoms with van der Waals surface area (Å²) in [5.74, 6) is -0.104. The average Bonchev–Trinajstić information content (AvgIpc) is 3.21. The smallest absolute Gasteiger partial charge is 0.465 e. The number of nitriles is 1. The summed E-state index contributed by atoms with van der Waals surface area (Å²) in [6, 6.07) is 6.21. The maximum Gasteiger partial charge on any atom is 0.534 e. The molecular formula is C19H15F3N6O5S. The molecule has 34 heavy (non-hydrogen) atoms. The van der Waals surface area contributed by atoms with Gasteiger partial charge in [-0.1, -0.05) is 0 Å². The number of anilines is 1. The summed E-state index contributed by atoms with van der Waals surface area (Å²) in [5.41, 5.74) is -4.75. The Balaban J connectivity index is 1.70. The normalized spacial score (nSPS) is 14.8. The lowest BCUT2D eigenvalue weighted by Gasteiger charge is -2.33. The van der Waals surface area contributed by atoms with Crippen LogP contribution in [0.15, 0.2) is 36.8 Å². The van der Waals surface area contributed by atoms with Gasteiger partial charge in [0.1, 0.15) is 11.9 Å². The van der Waals surface area contributed by atoms with E-state index in [1.54, 1.807) is 12.1 Å². The van der Waals surface area contributed by atoms with Crippen LogP contribution < -0.4 is 9.08 Å². The summed E-state index contributed by atoms with van der Waals surface area (Å²) < 4.78 is 66.6. The van der Waals surface area contributed by atoms with Gasteiger partial charge in [0, 0.05) is 43.5 Å². The first-order valence-electron chi connectivity index (χ1n) is 9.61. The van der Waals surface area contributed by atoms with Crippen LogP contribution in [-0.2, 0) is 10.1 Å². The van der Waals surface area contributed by atoms with Crippen molar-refractivity contribution < 1.29 is 35.7 Å². The molecule has 0 atom stereocenters. The van der Waals surface area contributed by atoms with Gasteiger partial charge in [0.15, 0.2) is 5.75 Å². The number of hydrogen-bond donors (Lipinski definition) is 1. The summed E-state index contributed by atoms with van der Waals surface area (Å²) in [5, 5.41) is 22.3. The van der Waals surface area contributed by atoms with E-state index in [0.29, 0.717) is 37.6 Å². The molecule has 1 aliphatic rings. The molecule has 0 radical (unpaired) electrons. The predicted octanol–water partition coefficient (Wildman–Crippen LogP) is 2.30. The monoisotopic (exact) mass is 496 g/mol. The second-order valence-corrected chi connectivity index (χ2v) is 8.74. The van der Waals surface area contributed by atoms with E-state index in [0.717, 1.165) is 16.8 Å². The number of fused-ring (bicyclic) bond motifs is 1. The Morgan fingerprint density at radius 1 is 1.18 bits per heavy atom. The third-order valence-electron chi connectivity index (χ3n) is 5.13. The topological polar surface area (TPSA) is 141 Å². The molecule has 1 N–H and O–H groups in total. The van der Waals surface area contributed by atoms with Crippen molar-refractivity contribution in [3.05, 3.63) is 42.4 Å². The van der Waals surface area contributed by atoms with Crippen molar-refractivity contribution >= 4 is 27.5 Å². The molecule has 178 valence electrons. The minimum atomic E-state index is -5.92. The molecule has 1 aliphatic heterocycles. The molecular weight excluding hydrogens is 481 g/mol. The first kappa shape index (κ1) is 23.1. The van der Waals surface area contributed by atoms with Gasteiger partial charge in [-0.2, -0.15) is 31.9 Å². The summed E-state index contributed by atoms with van der Waals surface area (Å²) in [6.07, 6.45) is 2.51. The van der Waals surface area contributed by atoms with Crippen molar-refractivity contribution in [1.82, 2.24) is 19.5 Å². The van der Waals surface area contributed by atoms with Crippen LogP contribution in [0.5, 0.6) is 5.75 Å². The van der Waals surface area contributed by atoms with Crippen LogP contribution >= 0.6 is 0 Å². The Kier molecular flexibility index (Phi) is 5.69. The van der Waals surface area contributed by atoms with E-state index in [1.807, 2.05) is 11.0 Å². The lowest BCUT2D eigenvalue weighted by Crippen LogP contribution is -2.48. The summed E-state index contributed by atoms with van der Waals surface area (Å²) >= 11 is 0. The number of hydrogen-bond acceptors (Lipinski definition) is 8. The van der Waals surface area contributed by atoms with Crippen molar-refractivity contribution in [1.29, 1.82) is 5.26 Å². The second kappa shape index (κ2) is 8.37. The lowest BCUT2D eigenvalue weighted by molar-refractivity contribution is -0.0500. The van der Waals surface area contributed by atoms with Gasteiger partial charge in [-0.3, -0.25) is 0 Å². The zero-order valence-corrected chi connectivity index (χ0v) is 17.9. The number of amides is 1. The molecule has 0 bridgehead atoms. The first-order chi connectivity index (χ1) is 16.0. The van der Waals surface area contributed by atoms with Gasteiger partial charge in [0.05, 0.1) is 23.5 Å². The Labute approximate surface area is 190 Å². The quantitative estimate of drug-likeness (QED) is 0.425.